The summed E-state index contributed by atoms with van der Waals surface area (Å²) in [6.07, 6.45) is 7.25. The van der Waals surface area contributed by atoms with Gasteiger partial charge in [0.2, 0.25) is 5.65 Å². The molecule has 6 rings (SSSR count). The van der Waals surface area contributed by atoms with Crippen LogP contribution >= 0.6 is 0 Å². The maximum atomic E-state index is 10.5. The predicted molar refractivity (Wildman–Crippen MR) is 139 cm³/mol. The highest BCUT2D eigenvalue weighted by Gasteiger charge is 2.25. The first-order chi connectivity index (χ1) is 17.6. The number of likely N-dealkylation sites (tertiary alicyclic amines) is 1. The van der Waals surface area contributed by atoms with Crippen LogP contribution < -0.4 is 4.74 Å². The first-order valence-electron chi connectivity index (χ1n) is 12.6. The molecule has 0 spiro atoms. The SMILES string of the molecule is [C-]#[N+]c1ccc(-c2nc(OC[C@@H]3CCCN(C)C3)c3nccn3c2-c2ccc3c(c2)C(O)CC3)cc1. The number of aromatic nitrogens is 3. The van der Waals surface area contributed by atoms with Crippen molar-refractivity contribution in [3.63, 3.8) is 0 Å². The van der Waals surface area contributed by atoms with Gasteiger partial charge in [0.1, 0.15) is 0 Å². The Hall–Kier alpha value is -3.73. The Morgan fingerprint density at radius 3 is 2.78 bits per heavy atom. The van der Waals surface area contributed by atoms with Crippen molar-refractivity contribution in [3.05, 3.63) is 77.4 Å². The van der Waals surface area contributed by atoms with E-state index in [4.69, 9.17) is 16.3 Å². The summed E-state index contributed by atoms with van der Waals surface area (Å²) in [5.41, 5.74) is 6.97. The van der Waals surface area contributed by atoms with Crippen molar-refractivity contribution in [2.45, 2.75) is 31.8 Å². The summed E-state index contributed by atoms with van der Waals surface area (Å²) >= 11 is 0. The minimum atomic E-state index is -0.441. The molecule has 182 valence electrons. The molecule has 0 bridgehead atoms. The Morgan fingerprint density at radius 1 is 1.14 bits per heavy atom. The van der Waals surface area contributed by atoms with Crippen LogP contribution in [0, 0.1) is 12.5 Å². The van der Waals surface area contributed by atoms with E-state index in [1.54, 1.807) is 6.20 Å². The Balaban J connectivity index is 1.48. The number of hydrogen-bond acceptors (Lipinski definition) is 5. The molecular weight excluding hydrogens is 450 g/mol. The molecule has 1 aliphatic heterocycles. The van der Waals surface area contributed by atoms with Crippen LogP contribution in [-0.2, 0) is 6.42 Å². The van der Waals surface area contributed by atoms with Crippen molar-refractivity contribution >= 4 is 11.3 Å². The maximum Gasteiger partial charge on any atom is 0.259 e. The van der Waals surface area contributed by atoms with Crippen molar-refractivity contribution in [2.75, 3.05) is 26.7 Å². The van der Waals surface area contributed by atoms with Gasteiger partial charge in [-0.2, -0.15) is 0 Å². The molecule has 1 unspecified atom stereocenters. The molecular formula is C29H29N5O2. The number of aryl methyl sites for hydroxylation is 1. The molecule has 2 atom stereocenters. The van der Waals surface area contributed by atoms with E-state index in [1.807, 2.05) is 34.9 Å². The van der Waals surface area contributed by atoms with Crippen molar-refractivity contribution < 1.29 is 9.84 Å². The van der Waals surface area contributed by atoms with Crippen molar-refractivity contribution in [1.29, 1.82) is 0 Å². The minimum absolute atomic E-state index is 0.441. The van der Waals surface area contributed by atoms with E-state index < -0.39 is 6.10 Å². The van der Waals surface area contributed by atoms with E-state index in [1.165, 1.54) is 12.0 Å². The minimum Gasteiger partial charge on any atom is -0.475 e. The normalized spacial score (nSPS) is 19.8. The Labute approximate surface area is 210 Å². The number of imidazole rings is 1. The molecule has 1 aliphatic carbocycles. The summed E-state index contributed by atoms with van der Waals surface area (Å²) < 4.78 is 8.38. The molecule has 1 N–H and O–H groups in total. The van der Waals surface area contributed by atoms with Crippen LogP contribution in [0.4, 0.5) is 5.69 Å². The third-order valence-corrected chi connectivity index (χ3v) is 7.42. The molecule has 7 heteroatoms. The summed E-state index contributed by atoms with van der Waals surface area (Å²) in [5.74, 6) is 0.974. The first-order valence-corrected chi connectivity index (χ1v) is 12.6. The third-order valence-electron chi connectivity index (χ3n) is 7.42. The summed E-state index contributed by atoms with van der Waals surface area (Å²) in [7, 11) is 2.16. The maximum absolute atomic E-state index is 10.5. The fourth-order valence-corrected chi connectivity index (χ4v) is 5.56. The first kappa shape index (κ1) is 22.7. The zero-order valence-corrected chi connectivity index (χ0v) is 20.4. The van der Waals surface area contributed by atoms with E-state index in [-0.39, 0.29) is 0 Å². The zero-order valence-electron chi connectivity index (χ0n) is 20.4. The molecule has 4 aromatic rings. The van der Waals surface area contributed by atoms with Crippen molar-refractivity contribution in [2.24, 2.45) is 5.92 Å². The number of piperidine rings is 1. The van der Waals surface area contributed by atoms with Gasteiger partial charge in [-0.25, -0.2) is 14.8 Å². The molecule has 1 saturated heterocycles. The highest BCUT2D eigenvalue weighted by atomic mass is 16.5. The topological polar surface area (TPSA) is 67.2 Å². The average molecular weight is 480 g/mol. The van der Waals surface area contributed by atoms with Crippen molar-refractivity contribution in [3.8, 4) is 28.4 Å². The predicted octanol–water partition coefficient (Wildman–Crippen LogP) is 5.31. The van der Waals surface area contributed by atoms with Gasteiger partial charge in [0.05, 0.1) is 30.7 Å². The lowest BCUT2D eigenvalue weighted by atomic mass is 9.99. The molecule has 7 nitrogen and oxygen atoms in total. The second kappa shape index (κ2) is 9.38. The van der Waals surface area contributed by atoms with E-state index in [9.17, 15) is 5.11 Å². The van der Waals surface area contributed by atoms with E-state index in [2.05, 4.69) is 40.0 Å². The van der Waals surface area contributed by atoms with Crippen LogP contribution in [0.5, 0.6) is 5.88 Å². The Morgan fingerprint density at radius 2 is 1.97 bits per heavy atom. The summed E-state index contributed by atoms with van der Waals surface area (Å²) in [5, 5.41) is 10.5. The highest BCUT2D eigenvalue weighted by Crippen LogP contribution is 2.39. The molecule has 0 saturated carbocycles. The smallest absolute Gasteiger partial charge is 0.259 e. The average Bonchev–Trinajstić information content (AvgIpc) is 3.54. The molecule has 1 fully saturated rings. The van der Waals surface area contributed by atoms with Gasteiger partial charge in [-0.1, -0.05) is 36.4 Å². The van der Waals surface area contributed by atoms with Crippen LogP contribution in [0.2, 0.25) is 0 Å². The van der Waals surface area contributed by atoms with Crippen LogP contribution in [0.25, 0.3) is 33.0 Å². The molecule has 2 aromatic heterocycles. The fourth-order valence-electron chi connectivity index (χ4n) is 5.56. The van der Waals surface area contributed by atoms with Gasteiger partial charge in [-0.15, -0.1) is 0 Å². The van der Waals surface area contributed by atoms with E-state index >= 15 is 0 Å². The van der Waals surface area contributed by atoms with Gasteiger partial charge in [-0.05, 0) is 62.0 Å². The number of aliphatic hydroxyl groups is 1. The van der Waals surface area contributed by atoms with Gasteiger partial charge in [0, 0.05) is 30.4 Å². The quantitative estimate of drug-likeness (QED) is 0.393. The number of rotatable bonds is 5. The second-order valence-electron chi connectivity index (χ2n) is 9.94. The van der Waals surface area contributed by atoms with Crippen LogP contribution in [-0.4, -0.2) is 51.1 Å². The highest BCUT2D eigenvalue weighted by molar-refractivity contribution is 5.82. The number of hydrogen-bond donors (Lipinski definition) is 1. The molecule has 2 aliphatic rings. The number of ether oxygens (including phenoxy) is 1. The van der Waals surface area contributed by atoms with Gasteiger partial charge in [0.25, 0.3) is 5.88 Å². The van der Waals surface area contributed by atoms with Crippen LogP contribution in [0.3, 0.4) is 0 Å². The number of nitrogens with zero attached hydrogens (tertiary/aromatic N) is 5. The summed E-state index contributed by atoms with van der Waals surface area (Å²) in [6, 6.07) is 13.8. The lowest BCUT2D eigenvalue weighted by molar-refractivity contribution is 0.148. The Kier molecular flexibility index (Phi) is 5.92. The molecule has 2 aromatic carbocycles. The second-order valence-corrected chi connectivity index (χ2v) is 9.94. The third kappa shape index (κ3) is 4.13. The van der Waals surface area contributed by atoms with E-state index in [0.717, 1.165) is 60.4 Å². The zero-order chi connectivity index (χ0) is 24.6. The molecule has 3 heterocycles. The number of benzene rings is 2. The molecule has 36 heavy (non-hydrogen) atoms. The lowest BCUT2D eigenvalue weighted by Crippen LogP contribution is -2.34. The molecule has 0 amide bonds. The largest absolute Gasteiger partial charge is 0.475 e. The van der Waals surface area contributed by atoms with Gasteiger partial charge >= 0.3 is 0 Å². The number of fused-ring (bicyclic) bond motifs is 2. The van der Waals surface area contributed by atoms with Crippen LogP contribution in [0.15, 0.2) is 54.9 Å². The number of aliphatic hydroxyl groups excluding tert-OH is 1. The van der Waals surface area contributed by atoms with Crippen molar-refractivity contribution in [1.82, 2.24) is 19.3 Å². The van der Waals surface area contributed by atoms with Gasteiger partial charge < -0.3 is 14.7 Å². The fraction of sp³-hybridized carbons (Fsp3) is 0.345. The standard InChI is InChI=1S/C29H29N5O2/c1-30-23-10-7-21(8-11-23)26-27(22-6-5-20-9-12-25(35)24(20)16-22)34-15-13-31-28(34)29(32-26)36-18-19-4-3-14-33(2)17-19/h5-8,10-11,13,15-16,19,25,35H,3-4,9,12,14,17-18H2,2H3/t19-,25?/m1/s1. The monoisotopic (exact) mass is 479 g/mol. The van der Waals surface area contributed by atoms with Crippen LogP contribution in [0.1, 0.15) is 36.5 Å². The molecule has 0 radical (unpaired) electrons. The summed E-state index contributed by atoms with van der Waals surface area (Å²) in [6.45, 7) is 10.1. The Bertz CT molecular complexity index is 1450. The van der Waals surface area contributed by atoms with E-state index in [0.29, 0.717) is 29.7 Å². The van der Waals surface area contributed by atoms with Gasteiger partial charge in [-0.3, -0.25) is 4.40 Å². The van der Waals surface area contributed by atoms with Gasteiger partial charge in [0.15, 0.2) is 5.69 Å². The summed E-state index contributed by atoms with van der Waals surface area (Å²) in [4.78, 5) is 15.5. The lowest BCUT2D eigenvalue weighted by Gasteiger charge is -2.29.